The molecule has 0 radical (unpaired) electrons. The van der Waals surface area contributed by atoms with Crippen molar-refractivity contribution >= 4 is 23.5 Å². The second-order valence-electron chi connectivity index (χ2n) is 4.40. The highest BCUT2D eigenvalue weighted by atomic mass is 32.2. The van der Waals surface area contributed by atoms with E-state index >= 15 is 0 Å². The molecule has 0 saturated heterocycles. The van der Waals surface area contributed by atoms with Gasteiger partial charge in [0.15, 0.2) is 0 Å². The Morgan fingerprint density at radius 1 is 0.636 bits per heavy atom. The molecule has 0 atom stereocenters. The van der Waals surface area contributed by atoms with Crippen LogP contribution in [0.4, 0.5) is 0 Å². The molecule has 2 aromatic rings. The molecule has 0 unspecified atom stereocenters. The van der Waals surface area contributed by atoms with Crippen LogP contribution in [0.15, 0.2) is 48.5 Å². The van der Waals surface area contributed by atoms with Gasteiger partial charge >= 0.3 is 0 Å². The van der Waals surface area contributed by atoms with Crippen molar-refractivity contribution < 1.29 is 0 Å². The van der Waals surface area contributed by atoms with Crippen molar-refractivity contribution in [2.75, 3.05) is 0 Å². The minimum atomic E-state index is 0.701. The van der Waals surface area contributed by atoms with Crippen LogP contribution < -0.4 is 0 Å². The smallest absolute Gasteiger partial charge is 0.133 e. The lowest BCUT2D eigenvalue weighted by Crippen LogP contribution is -1.82. The van der Waals surface area contributed by atoms with E-state index in [1.165, 1.54) is 23.5 Å². The minimum Gasteiger partial charge on any atom is -0.185 e. The van der Waals surface area contributed by atoms with Gasteiger partial charge in [-0.1, -0.05) is 36.1 Å². The zero-order valence-electron chi connectivity index (χ0n) is 11.7. The lowest BCUT2D eigenvalue weighted by Gasteiger charge is -1.97. The van der Waals surface area contributed by atoms with E-state index in [1.54, 1.807) is 0 Å². The Bertz CT molecular complexity index is 689. The Morgan fingerprint density at radius 3 is 1.32 bits per heavy atom. The second-order valence-corrected chi connectivity index (χ2v) is 5.92. The molecular formula is C18H12N2S2. The number of hydrogen-bond acceptors (Lipinski definition) is 4. The van der Waals surface area contributed by atoms with Crippen LogP contribution in [-0.2, 0) is 11.5 Å². The van der Waals surface area contributed by atoms with Gasteiger partial charge in [-0.05, 0) is 58.9 Å². The zero-order valence-corrected chi connectivity index (χ0v) is 13.4. The van der Waals surface area contributed by atoms with E-state index in [0.29, 0.717) is 11.5 Å². The summed E-state index contributed by atoms with van der Waals surface area (Å²) in [6.07, 6.45) is 0. The molecule has 0 N–H and O–H groups in total. The third-order valence-corrected chi connectivity index (χ3v) is 4.08. The van der Waals surface area contributed by atoms with E-state index in [-0.39, 0.29) is 0 Å². The summed E-state index contributed by atoms with van der Waals surface area (Å²) < 4.78 is 0. The van der Waals surface area contributed by atoms with Gasteiger partial charge in [-0.2, -0.15) is 10.5 Å². The molecule has 0 bridgehead atoms. The van der Waals surface area contributed by atoms with Gasteiger partial charge in [0.2, 0.25) is 0 Å². The molecule has 106 valence electrons. The molecule has 0 heterocycles. The van der Waals surface area contributed by atoms with E-state index in [0.717, 1.165) is 22.3 Å². The first-order valence-electron chi connectivity index (χ1n) is 6.53. The molecule has 2 rings (SSSR count). The predicted octanol–water partition coefficient (Wildman–Crippen LogP) is 4.51. The number of thioether (sulfide) groups is 2. The largest absolute Gasteiger partial charge is 0.185 e. The van der Waals surface area contributed by atoms with Gasteiger partial charge in [-0.15, -0.1) is 0 Å². The van der Waals surface area contributed by atoms with Crippen molar-refractivity contribution in [2.24, 2.45) is 0 Å². The predicted molar refractivity (Wildman–Crippen MR) is 92.7 cm³/mol. The highest BCUT2D eigenvalue weighted by Gasteiger charge is 1.94. The number of rotatable bonds is 4. The topological polar surface area (TPSA) is 47.6 Å². The highest BCUT2D eigenvalue weighted by Crippen LogP contribution is 2.13. The van der Waals surface area contributed by atoms with Crippen LogP contribution in [0.1, 0.15) is 22.3 Å². The van der Waals surface area contributed by atoms with Crippen LogP contribution in [0.3, 0.4) is 0 Å². The van der Waals surface area contributed by atoms with Gasteiger partial charge in [0.1, 0.15) is 10.8 Å². The Morgan fingerprint density at radius 2 is 1.00 bits per heavy atom. The summed E-state index contributed by atoms with van der Waals surface area (Å²) in [5.74, 6) is 7.66. The molecule has 2 aromatic carbocycles. The Hall–Kier alpha value is -2.32. The average Bonchev–Trinajstić information content (AvgIpc) is 2.58. The number of nitrogens with zero attached hydrogens (tertiary/aromatic N) is 2. The van der Waals surface area contributed by atoms with Gasteiger partial charge in [0, 0.05) is 22.6 Å². The summed E-state index contributed by atoms with van der Waals surface area (Å²) in [5, 5.41) is 21.2. The molecule has 0 aliphatic rings. The van der Waals surface area contributed by atoms with Crippen LogP contribution in [0.2, 0.25) is 0 Å². The Kier molecular flexibility index (Phi) is 6.46. The quantitative estimate of drug-likeness (QED) is 0.614. The molecule has 0 saturated carbocycles. The number of hydrogen-bond donors (Lipinski definition) is 0. The Labute approximate surface area is 139 Å². The first-order valence-corrected chi connectivity index (χ1v) is 8.50. The fourth-order valence-electron chi connectivity index (χ4n) is 1.74. The van der Waals surface area contributed by atoms with Crippen molar-refractivity contribution in [2.45, 2.75) is 11.5 Å². The van der Waals surface area contributed by atoms with Crippen LogP contribution in [-0.4, -0.2) is 0 Å². The van der Waals surface area contributed by atoms with E-state index < -0.39 is 0 Å². The molecule has 2 nitrogen and oxygen atoms in total. The monoisotopic (exact) mass is 320 g/mol. The highest BCUT2D eigenvalue weighted by molar-refractivity contribution is 8.03. The first-order chi connectivity index (χ1) is 10.8. The third-order valence-electron chi connectivity index (χ3n) is 2.87. The summed E-state index contributed by atoms with van der Waals surface area (Å²) in [5.41, 5.74) is 4.15. The summed E-state index contributed by atoms with van der Waals surface area (Å²) >= 11 is 2.46. The SMILES string of the molecule is N#CSCc1ccc(C#Cc2ccc(CSC#N)cc2)cc1. The fourth-order valence-corrected chi connectivity index (χ4v) is 2.59. The minimum absolute atomic E-state index is 0.701. The maximum absolute atomic E-state index is 8.53. The lowest BCUT2D eigenvalue weighted by molar-refractivity contribution is 1.41. The van der Waals surface area contributed by atoms with Crippen LogP contribution in [0.25, 0.3) is 0 Å². The molecule has 0 aromatic heterocycles. The van der Waals surface area contributed by atoms with Gasteiger partial charge in [0.05, 0.1) is 0 Å². The molecule has 0 fully saturated rings. The van der Waals surface area contributed by atoms with E-state index in [1.807, 2.05) is 48.5 Å². The summed E-state index contributed by atoms with van der Waals surface area (Å²) in [6.45, 7) is 0. The maximum Gasteiger partial charge on any atom is 0.133 e. The molecule has 0 amide bonds. The summed E-state index contributed by atoms with van der Waals surface area (Å²) in [7, 11) is 0. The molecule has 0 aliphatic carbocycles. The second kappa shape index (κ2) is 8.85. The van der Waals surface area contributed by atoms with Gasteiger partial charge in [-0.3, -0.25) is 0 Å². The third kappa shape index (κ3) is 5.23. The average molecular weight is 320 g/mol. The fraction of sp³-hybridized carbons (Fsp3) is 0.111. The standard InChI is InChI=1S/C18H12N2S2/c19-13-21-11-17-7-3-15(4-8-17)1-2-16-5-9-18(10-6-16)12-22-14-20/h3-10H,11-12H2. The van der Waals surface area contributed by atoms with Crippen molar-refractivity contribution in [1.29, 1.82) is 10.5 Å². The summed E-state index contributed by atoms with van der Waals surface area (Å²) in [4.78, 5) is 0. The number of thiocyanates is 2. The van der Waals surface area contributed by atoms with E-state index in [4.69, 9.17) is 10.5 Å². The lowest BCUT2D eigenvalue weighted by atomic mass is 10.1. The van der Waals surface area contributed by atoms with Crippen LogP contribution in [0, 0.1) is 33.2 Å². The number of benzene rings is 2. The summed E-state index contributed by atoms with van der Waals surface area (Å²) in [6, 6.07) is 15.9. The van der Waals surface area contributed by atoms with E-state index in [2.05, 4.69) is 22.6 Å². The van der Waals surface area contributed by atoms with E-state index in [9.17, 15) is 0 Å². The molecule has 22 heavy (non-hydrogen) atoms. The van der Waals surface area contributed by atoms with Crippen LogP contribution in [0.5, 0.6) is 0 Å². The van der Waals surface area contributed by atoms with Gasteiger partial charge in [0.25, 0.3) is 0 Å². The molecule has 4 heteroatoms. The zero-order chi connectivity index (χ0) is 15.6. The van der Waals surface area contributed by atoms with Crippen molar-refractivity contribution in [1.82, 2.24) is 0 Å². The van der Waals surface area contributed by atoms with Crippen molar-refractivity contribution in [3.05, 3.63) is 70.8 Å². The van der Waals surface area contributed by atoms with Gasteiger partial charge in [-0.25, -0.2) is 0 Å². The first kappa shape index (κ1) is 16.1. The van der Waals surface area contributed by atoms with Crippen molar-refractivity contribution in [3.8, 4) is 22.6 Å². The molecule has 0 aliphatic heterocycles. The maximum atomic E-state index is 8.53. The van der Waals surface area contributed by atoms with Gasteiger partial charge < -0.3 is 0 Å². The molecular weight excluding hydrogens is 308 g/mol. The Balaban J connectivity index is 2.00. The molecule has 0 spiro atoms. The normalized spacial score (nSPS) is 9.18. The van der Waals surface area contributed by atoms with Crippen molar-refractivity contribution in [3.63, 3.8) is 0 Å². The number of nitriles is 2. The van der Waals surface area contributed by atoms with Crippen LogP contribution >= 0.6 is 23.5 Å².